The highest BCUT2D eigenvalue weighted by Gasteiger charge is 2.64. The predicted octanol–water partition coefficient (Wildman–Crippen LogP) is 6.24. The van der Waals surface area contributed by atoms with E-state index in [1.165, 1.54) is 5.57 Å². The lowest BCUT2D eigenvalue weighted by molar-refractivity contribution is -0.138. The molecule has 0 spiro atoms. The molecule has 0 bridgehead atoms. The van der Waals surface area contributed by atoms with Gasteiger partial charge in [0.15, 0.2) is 0 Å². The summed E-state index contributed by atoms with van der Waals surface area (Å²) in [5.74, 6) is -0.749. The summed E-state index contributed by atoms with van der Waals surface area (Å²) in [4.78, 5) is 22.8. The lowest BCUT2D eigenvalue weighted by Crippen LogP contribution is -2.55. The van der Waals surface area contributed by atoms with Gasteiger partial charge in [-0.15, -0.1) is 0 Å². The monoisotopic (exact) mass is 472 g/mol. The number of fused-ring (bicyclic) bond motifs is 3. The number of hydrogen-bond donors (Lipinski definition) is 3. The van der Waals surface area contributed by atoms with Gasteiger partial charge >= 0.3 is 11.9 Å². The summed E-state index contributed by atoms with van der Waals surface area (Å²) in [6, 6.07) is 0. The van der Waals surface area contributed by atoms with Crippen LogP contribution in [0.4, 0.5) is 0 Å². The molecule has 3 aliphatic carbocycles. The normalized spacial score (nSPS) is 40.7. The summed E-state index contributed by atoms with van der Waals surface area (Å²) < 4.78 is 0. The maximum Gasteiger partial charge on any atom is 0.330 e. The van der Waals surface area contributed by atoms with Gasteiger partial charge in [-0.2, -0.15) is 0 Å². The van der Waals surface area contributed by atoms with Crippen molar-refractivity contribution in [1.82, 2.24) is 0 Å². The molecule has 3 rings (SSSR count). The number of aliphatic carboxylic acids is 2. The molecular weight excluding hydrogens is 428 g/mol. The summed E-state index contributed by atoms with van der Waals surface area (Å²) in [6.45, 7) is 17.0. The van der Waals surface area contributed by atoms with Crippen LogP contribution >= 0.6 is 0 Å². The van der Waals surface area contributed by atoms with E-state index in [0.717, 1.165) is 31.3 Å². The van der Waals surface area contributed by atoms with Gasteiger partial charge in [-0.3, -0.25) is 4.79 Å². The molecule has 3 N–H and O–H groups in total. The van der Waals surface area contributed by atoms with Crippen LogP contribution in [-0.4, -0.2) is 33.4 Å². The van der Waals surface area contributed by atoms with Crippen molar-refractivity contribution in [3.8, 4) is 0 Å². The van der Waals surface area contributed by atoms with Crippen molar-refractivity contribution in [2.75, 3.05) is 0 Å². The number of rotatable bonds is 8. The molecule has 3 aliphatic rings. The standard InChI is InChI=1S/C29H44O5/c1-17(2)25-23(30)16-22-21(27(25,5)13-12-24(31)32)11-15-28(6)20(10-14-29(22,28)7)18(3)8-9-19(4)26(33)34/h9,11,18,20,22-23,25,30H,1,8,10,12-16H2,2-7H3,(H,31,32)(H,33,34). The van der Waals surface area contributed by atoms with Gasteiger partial charge in [0.05, 0.1) is 6.10 Å². The molecule has 34 heavy (non-hydrogen) atoms. The molecule has 0 amide bonds. The van der Waals surface area contributed by atoms with E-state index in [1.807, 2.05) is 13.0 Å². The second-order valence-electron chi connectivity index (χ2n) is 12.2. The second kappa shape index (κ2) is 9.29. The van der Waals surface area contributed by atoms with Crippen LogP contribution in [0.3, 0.4) is 0 Å². The lowest BCUT2D eigenvalue weighted by atomic mass is 9.44. The van der Waals surface area contributed by atoms with E-state index in [4.69, 9.17) is 0 Å². The van der Waals surface area contributed by atoms with Crippen molar-refractivity contribution in [2.45, 2.75) is 92.6 Å². The minimum absolute atomic E-state index is 0.00702. The van der Waals surface area contributed by atoms with Gasteiger partial charge in [0.2, 0.25) is 0 Å². The third-order valence-corrected chi connectivity index (χ3v) is 10.4. The Labute approximate surface area is 205 Å². The summed E-state index contributed by atoms with van der Waals surface area (Å²) in [5.41, 5.74) is 2.31. The average molecular weight is 473 g/mol. The third kappa shape index (κ3) is 4.19. The van der Waals surface area contributed by atoms with Crippen molar-refractivity contribution in [3.63, 3.8) is 0 Å². The van der Waals surface area contributed by atoms with Gasteiger partial charge in [-0.05, 0) is 86.4 Å². The number of allylic oxidation sites excluding steroid dienone is 3. The Morgan fingerprint density at radius 2 is 1.85 bits per heavy atom. The van der Waals surface area contributed by atoms with Crippen LogP contribution in [0.2, 0.25) is 0 Å². The fourth-order valence-corrected chi connectivity index (χ4v) is 8.31. The first-order chi connectivity index (χ1) is 15.7. The molecule has 0 radical (unpaired) electrons. The van der Waals surface area contributed by atoms with Crippen molar-refractivity contribution < 1.29 is 24.9 Å². The topological polar surface area (TPSA) is 94.8 Å². The van der Waals surface area contributed by atoms with E-state index in [2.05, 4.69) is 40.3 Å². The van der Waals surface area contributed by atoms with E-state index in [0.29, 0.717) is 30.3 Å². The number of carboxylic acids is 2. The molecule has 0 saturated heterocycles. The molecule has 8 unspecified atom stereocenters. The highest BCUT2D eigenvalue weighted by Crippen LogP contribution is 2.71. The minimum atomic E-state index is -0.858. The average Bonchev–Trinajstić information content (AvgIpc) is 3.01. The van der Waals surface area contributed by atoms with Crippen LogP contribution in [0.5, 0.6) is 0 Å². The summed E-state index contributed by atoms with van der Waals surface area (Å²) in [7, 11) is 0. The minimum Gasteiger partial charge on any atom is -0.481 e. The Bertz CT molecular complexity index is 915. The molecule has 0 aromatic heterocycles. The molecule has 2 fully saturated rings. The van der Waals surface area contributed by atoms with E-state index in [1.54, 1.807) is 6.92 Å². The van der Waals surface area contributed by atoms with Crippen molar-refractivity contribution in [2.24, 2.45) is 39.9 Å². The fraction of sp³-hybridized carbons (Fsp3) is 0.724. The maximum atomic E-state index is 11.5. The molecule has 5 nitrogen and oxygen atoms in total. The maximum absolute atomic E-state index is 11.5. The molecule has 0 aromatic carbocycles. The quantitative estimate of drug-likeness (QED) is 0.287. The van der Waals surface area contributed by atoms with Gasteiger partial charge in [0.1, 0.15) is 0 Å². The van der Waals surface area contributed by atoms with Gasteiger partial charge < -0.3 is 15.3 Å². The number of carbonyl (C=O) groups is 2. The Balaban J connectivity index is 1.99. The smallest absolute Gasteiger partial charge is 0.330 e. The van der Waals surface area contributed by atoms with Crippen LogP contribution in [0.25, 0.3) is 0 Å². The Morgan fingerprint density at radius 1 is 1.21 bits per heavy atom. The predicted molar refractivity (Wildman–Crippen MR) is 134 cm³/mol. The van der Waals surface area contributed by atoms with Crippen LogP contribution in [-0.2, 0) is 9.59 Å². The molecular formula is C29H44O5. The third-order valence-electron chi connectivity index (χ3n) is 10.4. The summed E-state index contributed by atoms with van der Waals surface area (Å²) >= 11 is 0. The lowest BCUT2D eigenvalue weighted by Gasteiger charge is -2.61. The van der Waals surface area contributed by atoms with E-state index in [-0.39, 0.29) is 29.1 Å². The molecule has 0 heterocycles. The number of hydrogen-bond acceptors (Lipinski definition) is 3. The highest BCUT2D eigenvalue weighted by molar-refractivity contribution is 5.85. The van der Waals surface area contributed by atoms with Crippen molar-refractivity contribution in [1.29, 1.82) is 0 Å². The van der Waals surface area contributed by atoms with Crippen LogP contribution < -0.4 is 0 Å². The Morgan fingerprint density at radius 3 is 2.41 bits per heavy atom. The van der Waals surface area contributed by atoms with Crippen molar-refractivity contribution >= 4 is 11.9 Å². The number of aliphatic hydroxyl groups is 1. The Hall–Kier alpha value is -1.88. The van der Waals surface area contributed by atoms with Crippen LogP contribution in [0.15, 0.2) is 35.5 Å². The SMILES string of the molecule is C=C(C)C1C(O)CC2C(=CCC3(C)C(C(C)CC=C(C)C(=O)O)CCC23C)C1(C)CCC(=O)O. The molecule has 5 heteroatoms. The van der Waals surface area contributed by atoms with Crippen LogP contribution in [0, 0.1) is 39.9 Å². The molecule has 0 aromatic rings. The van der Waals surface area contributed by atoms with E-state index in [9.17, 15) is 24.9 Å². The second-order valence-corrected chi connectivity index (χ2v) is 12.2. The fourth-order valence-electron chi connectivity index (χ4n) is 8.31. The van der Waals surface area contributed by atoms with E-state index < -0.39 is 23.5 Å². The van der Waals surface area contributed by atoms with Gasteiger partial charge in [0, 0.05) is 17.9 Å². The summed E-state index contributed by atoms with van der Waals surface area (Å²) in [5, 5.41) is 30.1. The molecule has 8 atom stereocenters. The zero-order valence-electron chi connectivity index (χ0n) is 21.9. The molecule has 2 saturated carbocycles. The molecule has 190 valence electrons. The van der Waals surface area contributed by atoms with Crippen molar-refractivity contribution in [3.05, 3.63) is 35.5 Å². The summed E-state index contributed by atoms with van der Waals surface area (Å²) in [6.07, 6.45) is 8.86. The van der Waals surface area contributed by atoms with Gasteiger partial charge in [-0.25, -0.2) is 4.79 Å². The first kappa shape index (κ1) is 26.7. The molecule has 0 aliphatic heterocycles. The van der Waals surface area contributed by atoms with E-state index >= 15 is 0 Å². The number of carboxylic acid groups (broad SMARTS) is 2. The zero-order chi connectivity index (χ0) is 25.6. The van der Waals surface area contributed by atoms with Crippen LogP contribution in [0.1, 0.15) is 86.5 Å². The van der Waals surface area contributed by atoms with Gasteiger partial charge in [0.25, 0.3) is 0 Å². The first-order valence-electron chi connectivity index (χ1n) is 12.8. The zero-order valence-corrected chi connectivity index (χ0v) is 21.9. The Kier molecular flexibility index (Phi) is 7.30. The number of aliphatic hydroxyl groups excluding tert-OH is 1. The van der Waals surface area contributed by atoms with Gasteiger partial charge in [-0.1, -0.05) is 57.6 Å². The largest absolute Gasteiger partial charge is 0.481 e. The highest BCUT2D eigenvalue weighted by atomic mass is 16.4. The first-order valence-corrected chi connectivity index (χ1v) is 12.8.